The van der Waals surface area contributed by atoms with E-state index in [0.717, 1.165) is 12.8 Å². The maximum atomic E-state index is 2.77. The standard InChI is InChI=1S/2C17H15.C6H5.3CH3.Hf.H2Si/c2*1-2-13-7-3-4-10-15(13)17-12-6-9-14-8-5-11-16(14)17;1-2-4-6-5-3-1;;;;;/h2*3-12H,2H2,1H3;1-5H;3*1H3;;1H2. The quantitative estimate of drug-likeness (QED) is 0.145. The van der Waals surface area contributed by atoms with Crippen LogP contribution >= 0.6 is 0 Å². The zero-order valence-corrected chi connectivity index (χ0v) is 32.6. The summed E-state index contributed by atoms with van der Waals surface area (Å²) in [6, 6.07) is 43.8. The number of hydrogen-bond donors (Lipinski definition) is 0. The minimum atomic E-state index is -5.35. The molecule has 0 amide bonds. The summed E-state index contributed by atoms with van der Waals surface area (Å²) in [7, 11) is 0. The summed E-state index contributed by atoms with van der Waals surface area (Å²) in [5, 5.41) is 0. The molecule has 45 heavy (non-hydrogen) atoms. The van der Waals surface area contributed by atoms with E-state index in [1.54, 1.807) is 3.32 Å². The summed E-state index contributed by atoms with van der Waals surface area (Å²) in [6.07, 6.45) is 12.2. The Hall–Kier alpha value is -3.33. The van der Waals surface area contributed by atoms with Gasteiger partial charge < -0.3 is 0 Å². The second-order valence-corrected chi connectivity index (χ2v) is 94.0. The van der Waals surface area contributed by atoms with Crippen molar-refractivity contribution in [3.63, 3.8) is 0 Å². The number of hydrogen-bond acceptors (Lipinski definition) is 0. The fourth-order valence-corrected chi connectivity index (χ4v) is 47.6. The summed E-state index contributed by atoms with van der Waals surface area (Å²) >= 11 is -5.35. The van der Waals surface area contributed by atoms with Gasteiger partial charge in [0.15, 0.2) is 0 Å². The van der Waals surface area contributed by atoms with Gasteiger partial charge in [-0.25, -0.2) is 0 Å². The van der Waals surface area contributed by atoms with Crippen molar-refractivity contribution in [2.24, 2.45) is 0 Å². The molecule has 5 aromatic carbocycles. The topological polar surface area (TPSA) is 0 Å². The molecule has 0 fully saturated rings. The molecule has 2 heteroatoms. The van der Waals surface area contributed by atoms with E-state index in [1.165, 1.54) is 55.6 Å². The maximum absolute atomic E-state index is 5.35. The zero-order valence-electron chi connectivity index (χ0n) is 27.6. The van der Waals surface area contributed by atoms with Crippen molar-refractivity contribution in [1.82, 2.24) is 0 Å². The van der Waals surface area contributed by atoms with Crippen LogP contribution in [0.15, 0.2) is 127 Å². The SMILES string of the molecule is CCc1ccccc1-c1cccc2c1C=C[CH]2[Hf]([CH3])([CH3])([CH3])(=[SiH2])([c]1ccccc1)[CH]1C=Cc2c(-c3ccccc3CC)cccc21. The number of allylic oxidation sites excluding steroid dienone is 2. The van der Waals surface area contributed by atoms with E-state index in [2.05, 4.69) is 174 Å². The molecule has 2 unspecified atom stereocenters. The molecule has 5 aromatic rings. The van der Waals surface area contributed by atoms with Gasteiger partial charge in [0.2, 0.25) is 0 Å². The molecule has 0 heterocycles. The molecule has 0 radical (unpaired) electrons. The molecule has 0 spiro atoms. The van der Waals surface area contributed by atoms with Gasteiger partial charge >= 0.3 is 268 Å². The van der Waals surface area contributed by atoms with Crippen LogP contribution in [0.5, 0.6) is 0 Å². The third kappa shape index (κ3) is 4.18. The summed E-state index contributed by atoms with van der Waals surface area (Å²) in [5.41, 5.74) is 14.1. The number of aryl methyl sites for hydroxylation is 2. The van der Waals surface area contributed by atoms with Crippen LogP contribution in [0.1, 0.15) is 54.6 Å². The molecule has 0 N–H and O–H groups in total. The van der Waals surface area contributed by atoms with Crippen LogP contribution in [0.2, 0.25) is 14.0 Å². The van der Waals surface area contributed by atoms with E-state index in [4.69, 9.17) is 0 Å². The van der Waals surface area contributed by atoms with Crippen molar-refractivity contribution in [3.05, 3.63) is 161 Å². The summed E-state index contributed by atoms with van der Waals surface area (Å²) in [5.74, 6) is 0. The number of rotatable bonds is 7. The van der Waals surface area contributed by atoms with Crippen molar-refractivity contribution >= 4 is 22.4 Å². The molecule has 0 bridgehead atoms. The van der Waals surface area contributed by atoms with Gasteiger partial charge in [0.1, 0.15) is 0 Å². The summed E-state index contributed by atoms with van der Waals surface area (Å²) in [6.45, 7) is 6.96. The first-order chi connectivity index (χ1) is 21.4. The third-order valence-electron chi connectivity index (χ3n) is 12.4. The summed E-state index contributed by atoms with van der Waals surface area (Å²) < 4.78 is 10.4. The second kappa shape index (κ2) is 9.59. The monoisotopic (exact) mass is 770 g/mol. The van der Waals surface area contributed by atoms with Crippen molar-refractivity contribution in [1.29, 1.82) is 0 Å². The Balaban J connectivity index is 1.51. The Kier molecular flexibility index (Phi) is 6.47. The Morgan fingerprint density at radius 3 is 1.33 bits per heavy atom. The Bertz CT molecular complexity index is 2050. The molecule has 2 aliphatic carbocycles. The van der Waals surface area contributed by atoms with Gasteiger partial charge in [-0.1, -0.05) is 0 Å². The van der Waals surface area contributed by atoms with Crippen LogP contribution in [0.25, 0.3) is 34.4 Å². The number of fused-ring (bicyclic) bond motifs is 2. The van der Waals surface area contributed by atoms with E-state index in [9.17, 15) is 0 Å². The van der Waals surface area contributed by atoms with Gasteiger partial charge in [-0.05, 0) is 0 Å². The van der Waals surface area contributed by atoms with Gasteiger partial charge in [-0.15, -0.1) is 0 Å². The average Bonchev–Trinajstić information content (AvgIpc) is 3.72. The van der Waals surface area contributed by atoms with Gasteiger partial charge in [-0.2, -0.15) is 0 Å². The molecule has 2 aliphatic rings. The fraction of sp³-hybridized carbons (Fsp3) is 0.209. The van der Waals surface area contributed by atoms with Gasteiger partial charge in [0.05, 0.1) is 0 Å². The third-order valence-corrected chi connectivity index (χ3v) is 59.2. The molecular formula is C43H46HfSi. The first-order valence-electron chi connectivity index (χ1n) is 16.8. The van der Waals surface area contributed by atoms with Crippen LogP contribution in [-0.2, 0) is 27.0 Å². The Labute approximate surface area is 266 Å². The summed E-state index contributed by atoms with van der Waals surface area (Å²) in [4.78, 5) is 0. The van der Waals surface area contributed by atoms with Crippen molar-refractivity contribution in [2.45, 2.75) is 48.1 Å². The predicted octanol–water partition coefficient (Wildman–Crippen LogP) is 10.8. The molecule has 0 aliphatic heterocycles. The molecule has 7 rings (SSSR count). The van der Waals surface area contributed by atoms with Crippen LogP contribution in [-0.4, -0.2) is 6.94 Å². The van der Waals surface area contributed by atoms with E-state index in [0.29, 0.717) is 7.35 Å². The Morgan fingerprint density at radius 2 is 0.889 bits per heavy atom. The molecule has 0 aromatic heterocycles. The van der Waals surface area contributed by atoms with Crippen LogP contribution in [0.4, 0.5) is 0 Å². The van der Waals surface area contributed by atoms with Crippen LogP contribution in [0, 0.1) is 0 Å². The van der Waals surface area contributed by atoms with Crippen molar-refractivity contribution < 1.29 is 14.2 Å². The second-order valence-electron chi connectivity index (χ2n) is 16.8. The first-order valence-corrected chi connectivity index (χ1v) is 41.9. The van der Waals surface area contributed by atoms with Gasteiger partial charge in [-0.3, -0.25) is 0 Å². The molecule has 0 saturated carbocycles. The molecule has 0 nitrogen and oxygen atoms in total. The molecule has 2 atom stereocenters. The molecular weight excluding hydrogens is 723 g/mol. The zero-order chi connectivity index (χ0) is 31.6. The Morgan fingerprint density at radius 1 is 0.489 bits per heavy atom. The molecule has 0 saturated heterocycles. The first kappa shape index (κ1) is 30.3. The molecule has 226 valence electrons. The van der Waals surface area contributed by atoms with Crippen LogP contribution in [0.3, 0.4) is 0 Å². The number of benzene rings is 5. The van der Waals surface area contributed by atoms with Gasteiger partial charge in [0, 0.05) is 0 Å². The van der Waals surface area contributed by atoms with Crippen LogP contribution < -0.4 is 3.32 Å². The van der Waals surface area contributed by atoms with E-state index in [-0.39, 0.29) is 0 Å². The van der Waals surface area contributed by atoms with E-state index >= 15 is 0 Å². The fourth-order valence-electron chi connectivity index (χ4n) is 9.54. The van der Waals surface area contributed by atoms with Crippen molar-refractivity contribution in [2.75, 3.05) is 0 Å². The predicted molar refractivity (Wildman–Crippen MR) is 198 cm³/mol. The van der Waals surface area contributed by atoms with E-state index < -0.39 is 14.2 Å². The minimum absolute atomic E-state index is 0.297. The normalized spacial score (nSPS) is 19.3. The van der Waals surface area contributed by atoms with E-state index in [1.807, 2.05) is 0 Å². The average molecular weight is 769 g/mol. The van der Waals surface area contributed by atoms with Gasteiger partial charge in [0.25, 0.3) is 0 Å². The van der Waals surface area contributed by atoms with Crippen molar-refractivity contribution in [3.8, 4) is 22.3 Å².